The highest BCUT2D eigenvalue weighted by atomic mass is 19.4. The molecule has 7 nitrogen and oxygen atoms in total. The molecule has 0 atom stereocenters. The molecule has 1 amide bonds. The van der Waals surface area contributed by atoms with E-state index in [1.807, 2.05) is 0 Å². The number of anilines is 1. The molecule has 2 aromatic carbocycles. The third-order valence-electron chi connectivity index (χ3n) is 4.05. The predicted octanol–water partition coefficient (Wildman–Crippen LogP) is 5.06. The number of halogens is 6. The van der Waals surface area contributed by atoms with Crippen LogP contribution < -0.4 is 5.01 Å². The van der Waals surface area contributed by atoms with Crippen LogP contribution >= 0.6 is 0 Å². The number of likely N-dealkylation sites (N-methyl/N-ethyl adjacent to an activating group) is 1. The molecule has 172 valence electrons. The second-order valence-electron chi connectivity index (χ2n) is 6.82. The highest BCUT2D eigenvalue weighted by Crippen LogP contribution is 2.35. The van der Waals surface area contributed by atoms with Gasteiger partial charge in [-0.25, -0.2) is 0 Å². The van der Waals surface area contributed by atoms with Gasteiger partial charge >= 0.3 is 12.4 Å². The molecule has 0 aromatic heterocycles. The smallest absolute Gasteiger partial charge is 0.301 e. The largest absolute Gasteiger partial charge is 0.416 e. The molecule has 2 rings (SSSR count). The zero-order valence-corrected chi connectivity index (χ0v) is 17.0. The van der Waals surface area contributed by atoms with E-state index in [9.17, 15) is 36.4 Å². The maximum absolute atomic E-state index is 13.2. The van der Waals surface area contributed by atoms with E-state index in [4.69, 9.17) is 5.26 Å². The van der Waals surface area contributed by atoms with Gasteiger partial charge < -0.3 is 4.90 Å². The van der Waals surface area contributed by atoms with E-state index in [1.165, 1.54) is 19.0 Å². The average molecular weight is 468 g/mol. The van der Waals surface area contributed by atoms with Gasteiger partial charge in [-0.05, 0) is 50.5 Å². The van der Waals surface area contributed by atoms with Gasteiger partial charge in [0.05, 0.1) is 34.5 Å². The zero-order chi connectivity index (χ0) is 25.0. The molecule has 0 saturated heterocycles. The first-order valence-electron chi connectivity index (χ1n) is 8.90. The van der Waals surface area contributed by atoms with E-state index in [1.54, 1.807) is 12.1 Å². The fraction of sp³-hybridized carbons (Fsp3) is 0.250. The van der Waals surface area contributed by atoms with E-state index < -0.39 is 40.8 Å². The molecule has 0 heterocycles. The van der Waals surface area contributed by atoms with Crippen molar-refractivity contribution in [2.75, 3.05) is 25.6 Å². The number of hydrogen-bond acceptors (Lipinski definition) is 6. The molecule has 0 aliphatic heterocycles. The quantitative estimate of drug-likeness (QED) is 0.348. The van der Waals surface area contributed by atoms with Gasteiger partial charge in [-0.1, -0.05) is 5.22 Å². The van der Waals surface area contributed by atoms with Crippen LogP contribution in [0, 0.1) is 22.7 Å². The normalized spacial score (nSPS) is 12.0. The fourth-order valence-corrected chi connectivity index (χ4v) is 2.53. The van der Waals surface area contributed by atoms with Crippen molar-refractivity contribution in [3.63, 3.8) is 0 Å². The monoisotopic (exact) mass is 468 g/mol. The minimum Gasteiger partial charge on any atom is -0.301 e. The van der Waals surface area contributed by atoms with Crippen LogP contribution in [0.1, 0.15) is 22.3 Å². The summed E-state index contributed by atoms with van der Waals surface area (Å²) in [5, 5.41) is 25.9. The van der Waals surface area contributed by atoms with Gasteiger partial charge in [-0.3, -0.25) is 4.79 Å². The van der Waals surface area contributed by atoms with Crippen molar-refractivity contribution in [3.8, 4) is 12.1 Å². The van der Waals surface area contributed by atoms with Crippen molar-refractivity contribution in [1.82, 2.24) is 4.90 Å². The summed E-state index contributed by atoms with van der Waals surface area (Å²) in [7, 11) is 2.95. The van der Waals surface area contributed by atoms with Crippen molar-refractivity contribution in [2.24, 2.45) is 10.3 Å². The number of nitrogens with zero attached hydrogens (tertiary/aromatic N) is 6. The van der Waals surface area contributed by atoms with E-state index in [0.29, 0.717) is 29.3 Å². The molecule has 13 heteroatoms. The third-order valence-corrected chi connectivity index (χ3v) is 4.05. The summed E-state index contributed by atoms with van der Waals surface area (Å²) in [5.74, 6) is -0.926. The van der Waals surface area contributed by atoms with Crippen molar-refractivity contribution in [1.29, 1.82) is 10.5 Å². The van der Waals surface area contributed by atoms with Crippen LogP contribution in [0.3, 0.4) is 0 Å². The van der Waals surface area contributed by atoms with Crippen LogP contribution in [0.2, 0.25) is 0 Å². The summed E-state index contributed by atoms with van der Waals surface area (Å²) in [6.07, 6.45) is -9.58. The van der Waals surface area contributed by atoms with E-state index in [2.05, 4.69) is 10.3 Å². The molecular weight excluding hydrogens is 454 g/mol. The summed E-state index contributed by atoms with van der Waals surface area (Å²) in [6.45, 7) is -0.381. The number of hydrogen-bond donors (Lipinski definition) is 0. The molecule has 0 fully saturated rings. The molecule has 0 unspecified atom stereocenters. The van der Waals surface area contributed by atoms with Crippen LogP contribution in [0.5, 0.6) is 0 Å². The highest BCUT2D eigenvalue weighted by molar-refractivity contribution is 5.95. The SMILES string of the molecule is CN(C)CC(=O)N(/N=N\c1cc(C(F)(F)F)ccc1C#N)c1cc(C(F)(F)F)ccc1C#N. The Labute approximate surface area is 183 Å². The van der Waals surface area contributed by atoms with Crippen LogP contribution in [0.25, 0.3) is 0 Å². The minimum absolute atomic E-state index is 0.323. The summed E-state index contributed by atoms with van der Waals surface area (Å²) < 4.78 is 78.7. The van der Waals surface area contributed by atoms with Crippen LogP contribution in [0.4, 0.5) is 37.7 Å². The molecule has 0 spiro atoms. The van der Waals surface area contributed by atoms with Crippen molar-refractivity contribution in [2.45, 2.75) is 12.4 Å². The first-order chi connectivity index (χ1) is 15.3. The Hall–Kier alpha value is -3.97. The van der Waals surface area contributed by atoms with Crippen molar-refractivity contribution >= 4 is 17.3 Å². The first kappa shape index (κ1) is 25.3. The lowest BCUT2D eigenvalue weighted by Gasteiger charge is -2.20. The third kappa shape index (κ3) is 6.27. The number of alkyl halides is 6. The van der Waals surface area contributed by atoms with Gasteiger partial charge in [-0.2, -0.15) is 41.9 Å². The predicted molar refractivity (Wildman–Crippen MR) is 103 cm³/mol. The lowest BCUT2D eigenvalue weighted by molar-refractivity contribution is -0.138. The molecular formula is C20H14F6N6O. The lowest BCUT2D eigenvalue weighted by atomic mass is 10.1. The molecule has 0 aliphatic carbocycles. The lowest BCUT2D eigenvalue weighted by Crippen LogP contribution is -2.34. The van der Waals surface area contributed by atoms with E-state index >= 15 is 0 Å². The number of benzene rings is 2. The van der Waals surface area contributed by atoms with Crippen LogP contribution in [-0.2, 0) is 17.1 Å². The standard InChI is InChI=1S/C20H14F6N6O/c1-31(2)11-18(33)32(17-8-15(20(24,25)26)6-4-13(17)10-28)30-29-16-7-14(19(21,22)23)5-3-12(16)9-27/h3-8H,11H2,1-2H3/b30-29-. The van der Waals surface area contributed by atoms with E-state index in [-0.39, 0.29) is 17.7 Å². The van der Waals surface area contributed by atoms with Gasteiger partial charge in [-0.15, -0.1) is 5.11 Å². The van der Waals surface area contributed by atoms with Gasteiger partial charge in [0.25, 0.3) is 5.91 Å². The number of nitriles is 2. The average Bonchev–Trinajstić information content (AvgIpc) is 2.71. The maximum atomic E-state index is 13.2. The topological polar surface area (TPSA) is 95.8 Å². The number of amides is 1. The van der Waals surface area contributed by atoms with Crippen molar-refractivity contribution in [3.05, 3.63) is 58.7 Å². The number of carbonyl (C=O) groups is 1. The Morgan fingerprint density at radius 3 is 1.91 bits per heavy atom. The maximum Gasteiger partial charge on any atom is 0.416 e. The summed E-state index contributed by atoms with van der Waals surface area (Å²) in [6, 6.07) is 7.21. The molecule has 2 aromatic rings. The Bertz CT molecular complexity index is 1160. The Morgan fingerprint density at radius 2 is 1.42 bits per heavy atom. The van der Waals surface area contributed by atoms with Crippen LogP contribution in [-0.4, -0.2) is 31.4 Å². The molecule has 0 bridgehead atoms. The number of carbonyl (C=O) groups excluding carboxylic acids is 1. The molecule has 0 saturated carbocycles. The second kappa shape index (κ2) is 9.67. The summed E-state index contributed by atoms with van der Waals surface area (Å²) >= 11 is 0. The fourth-order valence-electron chi connectivity index (χ4n) is 2.53. The van der Waals surface area contributed by atoms with Gasteiger partial charge in [0.15, 0.2) is 0 Å². The second-order valence-corrected chi connectivity index (χ2v) is 6.82. The van der Waals surface area contributed by atoms with E-state index in [0.717, 1.165) is 12.1 Å². The Morgan fingerprint density at radius 1 is 0.909 bits per heavy atom. The summed E-state index contributed by atoms with van der Waals surface area (Å²) in [5.41, 5.74) is -4.17. The number of rotatable bonds is 5. The summed E-state index contributed by atoms with van der Waals surface area (Å²) in [4.78, 5) is 14.0. The minimum atomic E-state index is -4.81. The molecule has 0 radical (unpaired) electrons. The molecule has 0 N–H and O–H groups in total. The first-order valence-corrected chi connectivity index (χ1v) is 8.90. The van der Waals surface area contributed by atoms with Crippen LogP contribution in [0.15, 0.2) is 46.7 Å². The van der Waals surface area contributed by atoms with Gasteiger partial charge in [0, 0.05) is 0 Å². The van der Waals surface area contributed by atoms with Gasteiger partial charge in [0.1, 0.15) is 17.8 Å². The molecule has 0 aliphatic rings. The zero-order valence-electron chi connectivity index (χ0n) is 17.0. The van der Waals surface area contributed by atoms with Crippen molar-refractivity contribution < 1.29 is 31.1 Å². The van der Waals surface area contributed by atoms with Gasteiger partial charge in [0.2, 0.25) is 0 Å². The highest BCUT2D eigenvalue weighted by Gasteiger charge is 2.33. The Balaban J connectivity index is 2.67. The Kier molecular flexibility index (Phi) is 7.41. The molecule has 33 heavy (non-hydrogen) atoms.